The third-order valence-corrected chi connectivity index (χ3v) is 5.74. The van der Waals surface area contributed by atoms with Gasteiger partial charge >= 0.3 is 0 Å². The quantitative estimate of drug-likeness (QED) is 0.609. The number of aromatic nitrogens is 3. The van der Waals surface area contributed by atoms with Crippen LogP contribution in [0.4, 0.5) is 10.1 Å². The molecule has 5 nitrogen and oxygen atoms in total. The van der Waals surface area contributed by atoms with Gasteiger partial charge in [-0.05, 0) is 24.6 Å². The molecule has 1 aromatic carbocycles. The maximum Gasteiger partial charge on any atom is 0.234 e. The summed E-state index contributed by atoms with van der Waals surface area (Å²) in [6, 6.07) is 8.23. The molecule has 0 radical (unpaired) electrons. The predicted octanol–water partition coefficient (Wildman–Crippen LogP) is 4.37. The number of amides is 1. The Morgan fingerprint density at radius 2 is 2.15 bits per heavy atom. The molecule has 136 valence electrons. The van der Waals surface area contributed by atoms with Crippen LogP contribution in [0.1, 0.15) is 18.2 Å². The van der Waals surface area contributed by atoms with Gasteiger partial charge in [-0.2, -0.15) is 0 Å². The highest BCUT2D eigenvalue weighted by Gasteiger charge is 2.15. The van der Waals surface area contributed by atoms with E-state index in [1.807, 2.05) is 11.6 Å². The maximum absolute atomic E-state index is 13.6. The number of benzene rings is 1. The fourth-order valence-corrected chi connectivity index (χ4v) is 4.13. The number of anilines is 1. The van der Waals surface area contributed by atoms with E-state index in [9.17, 15) is 9.18 Å². The van der Waals surface area contributed by atoms with E-state index in [1.54, 1.807) is 23.5 Å². The number of nitrogens with one attached hydrogen (secondary N) is 1. The van der Waals surface area contributed by atoms with Crippen LogP contribution in [0.5, 0.6) is 0 Å². The lowest BCUT2D eigenvalue weighted by molar-refractivity contribution is -0.113. The average Bonchev–Trinajstić information content (AvgIpc) is 3.22. The highest BCUT2D eigenvalue weighted by molar-refractivity contribution is 7.99. The van der Waals surface area contributed by atoms with Crippen molar-refractivity contribution in [3.63, 3.8) is 0 Å². The van der Waals surface area contributed by atoms with Gasteiger partial charge in [0.05, 0.1) is 11.4 Å². The second-order valence-corrected chi connectivity index (χ2v) is 7.67. The van der Waals surface area contributed by atoms with E-state index in [2.05, 4.69) is 33.9 Å². The lowest BCUT2D eigenvalue weighted by Gasteiger charge is -2.06. The number of thiophene rings is 1. The van der Waals surface area contributed by atoms with Gasteiger partial charge in [-0.15, -0.1) is 21.5 Å². The Balaban J connectivity index is 1.63. The van der Waals surface area contributed by atoms with Crippen molar-refractivity contribution in [1.29, 1.82) is 0 Å². The molecule has 26 heavy (non-hydrogen) atoms. The van der Waals surface area contributed by atoms with Crippen molar-refractivity contribution >= 4 is 34.7 Å². The van der Waals surface area contributed by atoms with E-state index in [-0.39, 0.29) is 17.3 Å². The summed E-state index contributed by atoms with van der Waals surface area (Å²) in [5.74, 6) is 0.170. The highest BCUT2D eigenvalue weighted by Crippen LogP contribution is 2.27. The van der Waals surface area contributed by atoms with Gasteiger partial charge in [-0.3, -0.25) is 4.79 Å². The van der Waals surface area contributed by atoms with Crippen molar-refractivity contribution in [3.8, 4) is 11.4 Å². The summed E-state index contributed by atoms with van der Waals surface area (Å²) in [5, 5.41) is 13.7. The zero-order chi connectivity index (χ0) is 18.5. The Bertz CT molecular complexity index is 906. The Kier molecular flexibility index (Phi) is 6.05. The van der Waals surface area contributed by atoms with Crippen molar-refractivity contribution in [3.05, 3.63) is 46.4 Å². The molecule has 0 aliphatic heterocycles. The lowest BCUT2D eigenvalue weighted by Crippen LogP contribution is -2.15. The first-order chi connectivity index (χ1) is 12.6. The number of halogens is 1. The van der Waals surface area contributed by atoms with Gasteiger partial charge in [0, 0.05) is 22.9 Å². The van der Waals surface area contributed by atoms with Gasteiger partial charge in [-0.25, -0.2) is 4.39 Å². The summed E-state index contributed by atoms with van der Waals surface area (Å²) in [6.07, 6.45) is 2.16. The van der Waals surface area contributed by atoms with Crippen LogP contribution in [0.25, 0.3) is 11.4 Å². The van der Waals surface area contributed by atoms with Crippen LogP contribution in [0.15, 0.2) is 40.9 Å². The summed E-state index contributed by atoms with van der Waals surface area (Å²) >= 11 is 2.99. The predicted molar refractivity (Wildman–Crippen MR) is 104 cm³/mol. The smallest absolute Gasteiger partial charge is 0.234 e. The second-order valence-electron chi connectivity index (χ2n) is 5.73. The number of hydrogen-bond donors (Lipinski definition) is 1. The highest BCUT2D eigenvalue weighted by atomic mass is 32.2. The zero-order valence-corrected chi connectivity index (χ0v) is 16.2. The maximum atomic E-state index is 13.6. The van der Waals surface area contributed by atoms with Crippen LogP contribution >= 0.6 is 23.1 Å². The van der Waals surface area contributed by atoms with E-state index in [1.165, 1.54) is 28.8 Å². The van der Waals surface area contributed by atoms with Crippen molar-refractivity contribution < 1.29 is 9.18 Å². The molecule has 1 amide bonds. The lowest BCUT2D eigenvalue weighted by atomic mass is 10.2. The van der Waals surface area contributed by atoms with E-state index < -0.39 is 5.82 Å². The van der Waals surface area contributed by atoms with Crippen LogP contribution in [-0.2, 0) is 18.3 Å². The molecule has 0 unspecified atom stereocenters. The molecule has 0 saturated heterocycles. The average molecular weight is 391 g/mol. The molecule has 0 atom stereocenters. The fraction of sp³-hybridized carbons (Fsp3) is 0.278. The third kappa shape index (κ3) is 4.31. The van der Waals surface area contributed by atoms with Crippen LogP contribution in [-0.4, -0.2) is 26.4 Å². The molecule has 0 fully saturated rings. The molecule has 2 heterocycles. The van der Waals surface area contributed by atoms with Crippen LogP contribution in [0, 0.1) is 5.82 Å². The minimum Gasteiger partial charge on any atom is -0.323 e. The van der Waals surface area contributed by atoms with E-state index in [0.29, 0.717) is 5.16 Å². The molecule has 0 aliphatic carbocycles. The number of rotatable bonds is 7. The van der Waals surface area contributed by atoms with Crippen molar-refractivity contribution in [2.75, 3.05) is 11.1 Å². The molecule has 3 aromatic rings. The first-order valence-corrected chi connectivity index (χ1v) is 10.1. The molecule has 8 heteroatoms. The summed E-state index contributed by atoms with van der Waals surface area (Å²) in [5.41, 5.74) is 1.22. The summed E-state index contributed by atoms with van der Waals surface area (Å²) in [4.78, 5) is 13.4. The first-order valence-electron chi connectivity index (χ1n) is 8.22. The Morgan fingerprint density at radius 1 is 1.35 bits per heavy atom. The normalized spacial score (nSPS) is 10.9. The minimum absolute atomic E-state index is 0.130. The van der Waals surface area contributed by atoms with Gasteiger partial charge in [0.25, 0.3) is 0 Å². The molecule has 0 saturated carbocycles. The standard InChI is InChI=1S/C18H19FN4OS2/c1-3-6-13-9-12(10-25-13)17-21-22-18(23(17)2)26-11-16(24)20-15-8-5-4-7-14(15)19/h4-5,7-10H,3,6,11H2,1-2H3,(H,20,24). The molecular formula is C18H19FN4OS2. The largest absolute Gasteiger partial charge is 0.323 e. The molecule has 2 aromatic heterocycles. The molecule has 3 rings (SSSR count). The third-order valence-electron chi connectivity index (χ3n) is 3.72. The van der Waals surface area contributed by atoms with Crippen LogP contribution in [0.3, 0.4) is 0 Å². The summed E-state index contributed by atoms with van der Waals surface area (Å²) in [7, 11) is 1.88. The van der Waals surface area contributed by atoms with Crippen LogP contribution in [0.2, 0.25) is 0 Å². The Labute approximate surface area is 159 Å². The number of para-hydroxylation sites is 1. The fourth-order valence-electron chi connectivity index (χ4n) is 2.45. The molecular weight excluding hydrogens is 371 g/mol. The van der Waals surface area contributed by atoms with Gasteiger partial charge in [0.2, 0.25) is 5.91 Å². The number of nitrogens with zero attached hydrogens (tertiary/aromatic N) is 3. The topological polar surface area (TPSA) is 59.8 Å². The Morgan fingerprint density at radius 3 is 2.92 bits per heavy atom. The van der Waals surface area contributed by atoms with E-state index in [4.69, 9.17) is 0 Å². The van der Waals surface area contributed by atoms with Gasteiger partial charge < -0.3 is 9.88 Å². The Hall–Kier alpha value is -2.19. The summed E-state index contributed by atoms with van der Waals surface area (Å²) < 4.78 is 15.5. The van der Waals surface area contributed by atoms with E-state index in [0.717, 1.165) is 24.2 Å². The van der Waals surface area contributed by atoms with Crippen molar-refractivity contribution in [2.45, 2.75) is 24.9 Å². The van der Waals surface area contributed by atoms with Crippen LogP contribution < -0.4 is 5.32 Å². The molecule has 0 aliphatic rings. The van der Waals surface area contributed by atoms with Crippen molar-refractivity contribution in [2.24, 2.45) is 7.05 Å². The minimum atomic E-state index is -0.452. The number of aryl methyl sites for hydroxylation is 1. The number of thioether (sulfide) groups is 1. The SMILES string of the molecule is CCCc1cc(-c2nnc(SCC(=O)Nc3ccccc3F)n2C)cs1. The number of hydrogen-bond acceptors (Lipinski definition) is 5. The molecule has 0 spiro atoms. The van der Waals surface area contributed by atoms with Crippen molar-refractivity contribution in [1.82, 2.24) is 14.8 Å². The zero-order valence-electron chi connectivity index (χ0n) is 14.5. The van der Waals surface area contributed by atoms with Gasteiger partial charge in [-0.1, -0.05) is 37.2 Å². The first kappa shape index (κ1) is 18.6. The number of carbonyl (C=O) groups is 1. The number of carbonyl (C=O) groups excluding carboxylic acids is 1. The van der Waals surface area contributed by atoms with E-state index >= 15 is 0 Å². The van der Waals surface area contributed by atoms with Gasteiger partial charge in [0.15, 0.2) is 11.0 Å². The summed E-state index contributed by atoms with van der Waals surface area (Å²) in [6.45, 7) is 2.16. The molecule has 0 bridgehead atoms. The van der Waals surface area contributed by atoms with Gasteiger partial charge in [0.1, 0.15) is 5.82 Å². The molecule has 1 N–H and O–H groups in total. The second kappa shape index (κ2) is 8.46. The monoisotopic (exact) mass is 390 g/mol.